The molecule has 0 saturated carbocycles. The van der Waals surface area contributed by atoms with Gasteiger partial charge < -0.3 is 56.8 Å². The average Bonchev–Trinajstić information content (AvgIpc) is 0.724. The van der Waals surface area contributed by atoms with Crippen LogP contribution in [0.3, 0.4) is 0 Å². The van der Waals surface area contributed by atoms with Crippen molar-refractivity contribution in [3.05, 3.63) is 179 Å². The molecule has 0 aromatic heterocycles. The normalized spacial score (nSPS) is 13.5. The highest BCUT2D eigenvalue weighted by Gasteiger charge is 2.73. The molecule has 18 nitrogen and oxygen atoms in total. The van der Waals surface area contributed by atoms with E-state index in [1.807, 2.05) is 0 Å². The Morgan fingerprint density at radius 2 is 0.496 bits per heavy atom. The van der Waals surface area contributed by atoms with Crippen LogP contribution in [0.2, 0.25) is 0 Å². The highest BCUT2D eigenvalue weighted by atomic mass is 19.4. The molecule has 0 N–H and O–H groups in total. The van der Waals surface area contributed by atoms with Crippen LogP contribution < -0.4 is 28.4 Å². The molecule has 0 aliphatic carbocycles. The van der Waals surface area contributed by atoms with E-state index in [4.69, 9.17) is 56.8 Å². The number of benzene rings is 6. The second-order valence-electron chi connectivity index (χ2n) is 25.8. The molecule has 0 saturated heterocycles. The van der Waals surface area contributed by atoms with Crippen molar-refractivity contribution in [1.29, 1.82) is 0 Å². The number of carbonyl (C=O) groups excluding carboxylic acids is 6. The fourth-order valence-electron chi connectivity index (χ4n) is 11.1. The monoisotopic (exact) mass is 1620 g/mol. The summed E-state index contributed by atoms with van der Waals surface area (Å²) in [6.45, 7) is 11.3. The fraction of sp³-hybridized carbons (Fsp3) is 0.475. The summed E-state index contributed by atoms with van der Waals surface area (Å²) in [6, 6.07) is 21.3. The van der Waals surface area contributed by atoms with Crippen molar-refractivity contribution in [2.45, 2.75) is 129 Å². The predicted molar refractivity (Wildman–Crippen MR) is 377 cm³/mol. The minimum absolute atomic E-state index is 0.0276. The predicted octanol–water partition coefficient (Wildman–Crippen LogP) is 17.7. The second kappa shape index (κ2) is 43.8. The van der Waals surface area contributed by atoms with E-state index in [2.05, 4.69) is 0 Å². The Kier molecular flexibility index (Phi) is 36.2. The van der Waals surface area contributed by atoms with Crippen molar-refractivity contribution in [3.8, 4) is 34.5 Å². The molecular formula is C80H89F15O18. The smallest absolute Gasteiger partial charge is 0.411 e. The molecule has 0 fully saturated rings. The zero-order valence-corrected chi connectivity index (χ0v) is 63.0. The van der Waals surface area contributed by atoms with Gasteiger partial charge in [0, 0.05) is 6.07 Å². The Hall–Kier alpha value is -10.1. The van der Waals surface area contributed by atoms with E-state index in [0.717, 1.165) is 60.7 Å². The summed E-state index contributed by atoms with van der Waals surface area (Å²) in [5.74, 6) is -9.26. The van der Waals surface area contributed by atoms with Crippen molar-refractivity contribution in [1.82, 2.24) is 0 Å². The third-order valence-electron chi connectivity index (χ3n) is 17.9. The van der Waals surface area contributed by atoms with Crippen LogP contribution in [0.1, 0.15) is 116 Å². The number of carbonyl (C=O) groups is 6. The SMILES string of the molecule is CCC(C)C(=O)OCCOc1ccc(C(c2ccc(OCCOC(=O)C(CC)CC(C)C(=O)OCCOc3ccc(F)c(F)c3)cc2)(C(F)(F)F)C(F)(F)F)cc1.CCC(C)C(=O)OCCOc1ccc(C(c2ccc(OCCOC(=O)C(CC)CC(C)C(=O)OCCOc3ccc(F)cc3)cc2)(C(F)(F)F)C(F)(F)F)cc1. The van der Waals surface area contributed by atoms with E-state index in [9.17, 15) is 94.6 Å². The molecule has 0 heterocycles. The molecule has 0 bridgehead atoms. The van der Waals surface area contributed by atoms with Gasteiger partial charge in [-0.25, -0.2) is 13.2 Å². The first-order chi connectivity index (χ1) is 53.3. The van der Waals surface area contributed by atoms with Gasteiger partial charge in [0.15, 0.2) is 11.6 Å². The lowest BCUT2D eigenvalue weighted by molar-refractivity contribution is -0.290. The molecule has 0 radical (unpaired) electrons. The summed E-state index contributed by atoms with van der Waals surface area (Å²) in [6.07, 6.45) is -21.4. The quantitative estimate of drug-likeness (QED) is 0.0151. The van der Waals surface area contributed by atoms with Gasteiger partial charge in [-0.1, -0.05) is 104 Å². The van der Waals surface area contributed by atoms with Gasteiger partial charge in [0.2, 0.25) is 10.8 Å². The van der Waals surface area contributed by atoms with Gasteiger partial charge in [0.1, 0.15) is 120 Å². The Morgan fingerprint density at radius 1 is 0.274 bits per heavy atom. The molecule has 6 atom stereocenters. The van der Waals surface area contributed by atoms with Crippen molar-refractivity contribution in [2.24, 2.45) is 35.5 Å². The maximum Gasteiger partial charge on any atom is 0.411 e. The van der Waals surface area contributed by atoms with Crippen LogP contribution in [-0.4, -0.2) is 140 Å². The Balaban J connectivity index is 0.000000404. The summed E-state index contributed by atoms with van der Waals surface area (Å²) in [4.78, 5) is 73.8. The molecule has 113 heavy (non-hydrogen) atoms. The third kappa shape index (κ3) is 26.8. The maximum atomic E-state index is 14.6. The average molecular weight is 1620 g/mol. The summed E-state index contributed by atoms with van der Waals surface area (Å²) in [7, 11) is 0. The lowest BCUT2D eigenvalue weighted by Crippen LogP contribution is -2.54. The van der Waals surface area contributed by atoms with Crippen molar-refractivity contribution < 1.29 is 151 Å². The molecule has 6 rings (SSSR count). The number of rotatable bonds is 42. The number of alkyl halides is 12. The molecule has 0 amide bonds. The molecule has 6 aromatic rings. The number of ether oxygens (including phenoxy) is 12. The fourth-order valence-corrected chi connectivity index (χ4v) is 11.1. The Labute approximate surface area is 643 Å². The standard InChI is InChI=1S/C40H44F8O9.C40H45F7O9/c1-5-25(3)35(49)55-20-17-52-30-11-7-28(8-12-30)38(39(43,44)45,40(46,47)48)29-9-13-31(14-10-29)53-18-22-57-37(51)27(6-2)23-26(4)36(50)56-21-19-54-32-15-16-33(41)34(42)24-32;1-5-26(3)35(48)54-22-19-51-32-13-7-29(8-14-32)38(39(42,43)44,40(45,46)47)30-9-15-33(16-10-30)52-21-24-56-37(50)28(6-2)25-27(4)36(49)55-23-20-53-34-17-11-31(41)12-18-34/h7-16,24-27H,5-6,17-23H2,1-4H3;7-18,26-28H,5-6,19-25H2,1-4H3. The summed E-state index contributed by atoms with van der Waals surface area (Å²) in [5.41, 5.74) is -13.3. The largest absolute Gasteiger partial charge is 0.490 e. The van der Waals surface area contributed by atoms with Gasteiger partial charge in [-0.2, -0.15) is 52.7 Å². The number of halogens is 15. The first-order valence-corrected chi connectivity index (χ1v) is 36.0. The van der Waals surface area contributed by atoms with E-state index >= 15 is 0 Å². The first kappa shape index (κ1) is 93.5. The van der Waals surface area contributed by atoms with Gasteiger partial charge in [-0.3, -0.25) is 28.8 Å². The first-order valence-electron chi connectivity index (χ1n) is 36.0. The summed E-state index contributed by atoms with van der Waals surface area (Å²) in [5, 5.41) is 0. The highest BCUT2D eigenvalue weighted by molar-refractivity contribution is 5.77. The van der Waals surface area contributed by atoms with Gasteiger partial charge in [-0.05, 0) is 146 Å². The lowest BCUT2D eigenvalue weighted by Gasteiger charge is -2.38. The van der Waals surface area contributed by atoms with E-state index in [0.29, 0.717) is 80.0 Å². The van der Waals surface area contributed by atoms with Crippen molar-refractivity contribution in [2.75, 3.05) is 79.3 Å². The maximum absolute atomic E-state index is 14.6. The number of esters is 6. The molecule has 622 valence electrons. The van der Waals surface area contributed by atoms with Crippen molar-refractivity contribution >= 4 is 35.8 Å². The van der Waals surface area contributed by atoms with Crippen LogP contribution >= 0.6 is 0 Å². The number of hydrogen-bond acceptors (Lipinski definition) is 18. The zero-order chi connectivity index (χ0) is 83.9. The van der Waals surface area contributed by atoms with E-state index < -0.39 is 135 Å². The van der Waals surface area contributed by atoms with Gasteiger partial charge in [0.05, 0.1) is 35.5 Å². The Bertz CT molecular complexity index is 3900. The van der Waals surface area contributed by atoms with Crippen LogP contribution in [0.25, 0.3) is 0 Å². The molecular weight excluding hydrogens is 1530 g/mol. The molecule has 0 spiro atoms. The van der Waals surface area contributed by atoms with Crippen molar-refractivity contribution in [3.63, 3.8) is 0 Å². The molecule has 6 unspecified atom stereocenters. The molecule has 6 aromatic carbocycles. The van der Waals surface area contributed by atoms with E-state index in [1.165, 1.54) is 37.3 Å². The highest BCUT2D eigenvalue weighted by Crippen LogP contribution is 2.58. The van der Waals surface area contributed by atoms with Crippen LogP contribution in [0, 0.1) is 53.0 Å². The van der Waals surface area contributed by atoms with Crippen LogP contribution in [0.15, 0.2) is 140 Å². The van der Waals surface area contributed by atoms with E-state index in [1.54, 1.807) is 48.5 Å². The molecule has 33 heteroatoms. The summed E-state index contributed by atoms with van der Waals surface area (Å²) >= 11 is 0. The van der Waals surface area contributed by atoms with Gasteiger partial charge in [-0.15, -0.1) is 0 Å². The van der Waals surface area contributed by atoms with Gasteiger partial charge >= 0.3 is 60.5 Å². The van der Waals surface area contributed by atoms with Gasteiger partial charge in [0.25, 0.3) is 0 Å². The minimum Gasteiger partial charge on any atom is -0.490 e. The van der Waals surface area contributed by atoms with E-state index in [-0.39, 0.29) is 133 Å². The van der Waals surface area contributed by atoms with Crippen LogP contribution in [-0.2, 0) is 68.0 Å². The zero-order valence-electron chi connectivity index (χ0n) is 63.0. The van der Waals surface area contributed by atoms with Crippen LogP contribution in [0.4, 0.5) is 65.9 Å². The molecule has 0 aliphatic heterocycles. The minimum atomic E-state index is -5.83. The summed E-state index contributed by atoms with van der Waals surface area (Å²) < 4.78 is 278. The van der Waals surface area contributed by atoms with Crippen LogP contribution in [0.5, 0.6) is 34.5 Å². The topological polar surface area (TPSA) is 213 Å². The molecule has 0 aliphatic rings. The Morgan fingerprint density at radius 3 is 0.726 bits per heavy atom. The third-order valence-corrected chi connectivity index (χ3v) is 17.9. The lowest BCUT2D eigenvalue weighted by atomic mass is 9.73. The number of hydrogen-bond donors (Lipinski definition) is 0. The second-order valence-corrected chi connectivity index (χ2v) is 25.8.